The fourth-order valence-electron chi connectivity index (χ4n) is 3.12. The summed E-state index contributed by atoms with van der Waals surface area (Å²) in [6.07, 6.45) is 2.89. The third-order valence-corrected chi connectivity index (χ3v) is 7.35. The van der Waals surface area contributed by atoms with Crippen molar-refractivity contribution in [3.05, 3.63) is 58.1 Å². The Morgan fingerprint density at radius 2 is 1.79 bits per heavy atom. The van der Waals surface area contributed by atoms with E-state index in [9.17, 15) is 13.2 Å². The minimum absolute atomic E-state index is 0.240. The van der Waals surface area contributed by atoms with E-state index in [4.69, 9.17) is 4.74 Å². The number of sulfonamides is 1. The molecule has 0 spiro atoms. The minimum Gasteiger partial charge on any atom is -0.497 e. The van der Waals surface area contributed by atoms with Crippen LogP contribution < -0.4 is 10.1 Å². The molecular weight excluding hydrogens is 444 g/mol. The highest BCUT2D eigenvalue weighted by Crippen LogP contribution is 2.23. The number of amides is 1. The lowest BCUT2D eigenvalue weighted by molar-refractivity contribution is 0.0949. The number of nitrogens with one attached hydrogen (secondary N) is 1. The van der Waals surface area contributed by atoms with Crippen LogP contribution >= 0.6 is 15.9 Å². The van der Waals surface area contributed by atoms with Crippen molar-refractivity contribution in [2.75, 3.05) is 20.2 Å². The van der Waals surface area contributed by atoms with Gasteiger partial charge >= 0.3 is 0 Å². The van der Waals surface area contributed by atoms with E-state index in [1.165, 1.54) is 0 Å². The molecule has 0 radical (unpaired) electrons. The molecule has 150 valence electrons. The van der Waals surface area contributed by atoms with Crippen LogP contribution in [0.1, 0.15) is 35.2 Å². The van der Waals surface area contributed by atoms with Gasteiger partial charge in [0.2, 0.25) is 10.0 Å². The van der Waals surface area contributed by atoms with Crippen LogP contribution in [0.25, 0.3) is 0 Å². The SMILES string of the molecule is COc1ccc(Br)c(C(=O)NCc2ccc(S(=O)(=O)N3CCCCC3)cc2)c1. The van der Waals surface area contributed by atoms with Gasteiger partial charge in [-0.3, -0.25) is 4.79 Å². The molecule has 1 aliphatic rings. The van der Waals surface area contributed by atoms with Gasteiger partial charge in [-0.15, -0.1) is 0 Å². The molecule has 1 N–H and O–H groups in total. The molecule has 3 rings (SSSR count). The van der Waals surface area contributed by atoms with Crippen LogP contribution in [0.2, 0.25) is 0 Å². The second-order valence-electron chi connectivity index (χ2n) is 6.64. The van der Waals surface area contributed by atoms with E-state index in [2.05, 4.69) is 21.2 Å². The van der Waals surface area contributed by atoms with Crippen molar-refractivity contribution >= 4 is 31.9 Å². The van der Waals surface area contributed by atoms with Gasteiger partial charge < -0.3 is 10.1 Å². The maximum Gasteiger partial charge on any atom is 0.252 e. The predicted molar refractivity (Wildman–Crippen MR) is 111 cm³/mol. The summed E-state index contributed by atoms with van der Waals surface area (Å²) in [6.45, 7) is 1.46. The van der Waals surface area contributed by atoms with Gasteiger partial charge in [-0.05, 0) is 64.7 Å². The summed E-state index contributed by atoms with van der Waals surface area (Å²) in [7, 11) is -1.89. The number of hydrogen-bond acceptors (Lipinski definition) is 4. The third-order valence-electron chi connectivity index (χ3n) is 4.75. The van der Waals surface area contributed by atoms with Crippen molar-refractivity contribution in [2.24, 2.45) is 0 Å². The molecule has 1 aliphatic heterocycles. The number of halogens is 1. The van der Waals surface area contributed by atoms with Gasteiger partial charge in [-0.25, -0.2) is 8.42 Å². The zero-order chi connectivity index (χ0) is 20.1. The molecule has 2 aromatic carbocycles. The fraction of sp³-hybridized carbons (Fsp3) is 0.350. The maximum absolute atomic E-state index is 12.7. The fourth-order valence-corrected chi connectivity index (χ4v) is 5.06. The van der Waals surface area contributed by atoms with E-state index in [0.717, 1.165) is 24.8 Å². The normalized spacial score (nSPS) is 15.2. The standard InChI is InChI=1S/C20H23BrN2O4S/c1-27-16-7-10-19(21)18(13-16)20(24)22-14-15-5-8-17(9-6-15)28(25,26)23-11-3-2-4-12-23/h5-10,13H,2-4,11-12,14H2,1H3,(H,22,24). The van der Waals surface area contributed by atoms with E-state index >= 15 is 0 Å². The summed E-state index contributed by atoms with van der Waals surface area (Å²) in [5.41, 5.74) is 1.30. The van der Waals surface area contributed by atoms with Crippen LogP contribution in [0.5, 0.6) is 5.75 Å². The first-order valence-electron chi connectivity index (χ1n) is 9.12. The van der Waals surface area contributed by atoms with Gasteiger partial charge in [-0.2, -0.15) is 4.31 Å². The van der Waals surface area contributed by atoms with Crippen LogP contribution in [0.15, 0.2) is 51.8 Å². The van der Waals surface area contributed by atoms with E-state index in [1.54, 1.807) is 53.9 Å². The number of rotatable bonds is 6. The van der Waals surface area contributed by atoms with Crippen LogP contribution in [0.3, 0.4) is 0 Å². The topological polar surface area (TPSA) is 75.7 Å². The summed E-state index contributed by atoms with van der Waals surface area (Å²) in [6, 6.07) is 11.9. The average molecular weight is 467 g/mol. The predicted octanol–water partition coefficient (Wildman–Crippen LogP) is 3.56. The Morgan fingerprint density at radius 3 is 2.43 bits per heavy atom. The number of ether oxygens (including phenoxy) is 1. The smallest absolute Gasteiger partial charge is 0.252 e. The van der Waals surface area contributed by atoms with E-state index in [-0.39, 0.29) is 5.91 Å². The highest BCUT2D eigenvalue weighted by atomic mass is 79.9. The summed E-state index contributed by atoms with van der Waals surface area (Å²) < 4.78 is 32.8. The lowest BCUT2D eigenvalue weighted by atomic mass is 10.2. The van der Waals surface area contributed by atoms with Crippen LogP contribution in [-0.4, -0.2) is 38.8 Å². The lowest BCUT2D eigenvalue weighted by Gasteiger charge is -2.25. The summed E-state index contributed by atoms with van der Waals surface area (Å²) >= 11 is 3.37. The minimum atomic E-state index is -3.44. The molecule has 1 saturated heterocycles. The third kappa shape index (κ3) is 4.74. The lowest BCUT2D eigenvalue weighted by Crippen LogP contribution is -2.35. The molecule has 0 aromatic heterocycles. The summed E-state index contributed by atoms with van der Waals surface area (Å²) in [5.74, 6) is 0.358. The number of methoxy groups -OCH3 is 1. The number of benzene rings is 2. The number of carbonyl (C=O) groups excluding carboxylic acids is 1. The quantitative estimate of drug-likeness (QED) is 0.705. The Kier molecular flexibility index (Phi) is 6.74. The van der Waals surface area contributed by atoms with Gasteiger partial charge in [0, 0.05) is 24.1 Å². The Balaban J connectivity index is 1.65. The van der Waals surface area contributed by atoms with E-state index < -0.39 is 10.0 Å². The molecule has 6 nitrogen and oxygen atoms in total. The first-order valence-corrected chi connectivity index (χ1v) is 11.4. The van der Waals surface area contributed by atoms with Crippen molar-refractivity contribution in [2.45, 2.75) is 30.7 Å². The van der Waals surface area contributed by atoms with E-state index in [0.29, 0.717) is 40.3 Å². The number of carbonyl (C=O) groups is 1. The molecule has 2 aromatic rings. The molecule has 0 atom stereocenters. The van der Waals surface area contributed by atoms with Crippen molar-refractivity contribution in [3.8, 4) is 5.75 Å². The van der Waals surface area contributed by atoms with Gasteiger partial charge in [0.1, 0.15) is 5.75 Å². The summed E-state index contributed by atoms with van der Waals surface area (Å²) in [4.78, 5) is 12.7. The molecule has 1 heterocycles. The Bertz CT molecular complexity index is 939. The molecule has 1 fully saturated rings. The molecule has 28 heavy (non-hydrogen) atoms. The van der Waals surface area contributed by atoms with Crippen LogP contribution in [0.4, 0.5) is 0 Å². The number of hydrogen-bond donors (Lipinski definition) is 1. The van der Waals surface area contributed by atoms with Gasteiger partial charge in [-0.1, -0.05) is 18.6 Å². The number of nitrogens with zero attached hydrogens (tertiary/aromatic N) is 1. The highest BCUT2D eigenvalue weighted by molar-refractivity contribution is 9.10. The second-order valence-corrected chi connectivity index (χ2v) is 9.43. The van der Waals surface area contributed by atoms with Crippen molar-refractivity contribution in [3.63, 3.8) is 0 Å². The first kappa shape index (κ1) is 20.8. The largest absolute Gasteiger partial charge is 0.497 e. The van der Waals surface area contributed by atoms with Gasteiger partial charge in [0.15, 0.2) is 0 Å². The van der Waals surface area contributed by atoms with Gasteiger partial charge in [0.05, 0.1) is 17.6 Å². The highest BCUT2D eigenvalue weighted by Gasteiger charge is 2.25. The molecule has 0 saturated carbocycles. The van der Waals surface area contributed by atoms with Crippen molar-refractivity contribution < 1.29 is 17.9 Å². The molecular formula is C20H23BrN2O4S. The Labute approximate surface area is 174 Å². The molecule has 8 heteroatoms. The van der Waals surface area contributed by atoms with Crippen molar-refractivity contribution in [1.82, 2.24) is 9.62 Å². The van der Waals surface area contributed by atoms with Crippen molar-refractivity contribution in [1.29, 1.82) is 0 Å². The monoisotopic (exact) mass is 466 g/mol. The Morgan fingerprint density at radius 1 is 1.11 bits per heavy atom. The van der Waals surface area contributed by atoms with E-state index in [1.807, 2.05) is 0 Å². The Hall–Kier alpha value is -1.90. The maximum atomic E-state index is 12.7. The zero-order valence-electron chi connectivity index (χ0n) is 15.7. The number of piperidine rings is 1. The first-order chi connectivity index (χ1) is 13.4. The summed E-state index contributed by atoms with van der Waals surface area (Å²) in [5, 5.41) is 2.84. The molecule has 0 bridgehead atoms. The average Bonchev–Trinajstić information content (AvgIpc) is 2.73. The zero-order valence-corrected chi connectivity index (χ0v) is 18.1. The second kappa shape index (κ2) is 9.07. The van der Waals surface area contributed by atoms with Crippen LogP contribution in [-0.2, 0) is 16.6 Å². The molecule has 0 aliphatic carbocycles. The van der Waals surface area contributed by atoms with Crippen LogP contribution in [0, 0.1) is 0 Å². The van der Waals surface area contributed by atoms with Gasteiger partial charge in [0.25, 0.3) is 5.91 Å². The molecule has 1 amide bonds. The molecule has 0 unspecified atom stereocenters.